The molecule has 0 aromatic rings. The maximum atomic E-state index is 12.3. The Labute approximate surface area is 124 Å². The normalized spacial score (nSPS) is 22.0. The van der Waals surface area contributed by atoms with Crippen LogP contribution in [0.1, 0.15) is 27.2 Å². The molecule has 0 aromatic carbocycles. The molecule has 2 atom stereocenters. The van der Waals surface area contributed by atoms with Crippen molar-refractivity contribution in [1.82, 2.24) is 5.32 Å². The standard InChI is InChI=1S/C13H21NO6S/c1-5-7-19-12(16)20-8-6-9-10(15)14-11(9)21(17,18)13(2,3)4/h5,9,11H,1,6-8H2,2-4H3,(H,14,15)/t9-,11+/m0/s1. The molecule has 0 saturated carbocycles. The van der Waals surface area contributed by atoms with Crippen LogP contribution in [0.4, 0.5) is 4.79 Å². The fourth-order valence-electron chi connectivity index (χ4n) is 1.78. The summed E-state index contributed by atoms with van der Waals surface area (Å²) in [5.41, 5.74) is 0. The van der Waals surface area contributed by atoms with E-state index >= 15 is 0 Å². The van der Waals surface area contributed by atoms with Gasteiger partial charge in [0, 0.05) is 0 Å². The highest BCUT2D eigenvalue weighted by molar-refractivity contribution is 7.93. The van der Waals surface area contributed by atoms with Crippen molar-refractivity contribution in [2.45, 2.75) is 37.3 Å². The van der Waals surface area contributed by atoms with Gasteiger partial charge in [-0.25, -0.2) is 13.2 Å². The van der Waals surface area contributed by atoms with Crippen LogP contribution in [-0.4, -0.2) is 43.8 Å². The third-order valence-electron chi connectivity index (χ3n) is 3.14. The van der Waals surface area contributed by atoms with Gasteiger partial charge in [-0.15, -0.1) is 0 Å². The van der Waals surface area contributed by atoms with E-state index in [0.717, 1.165) is 0 Å². The van der Waals surface area contributed by atoms with Crippen molar-refractivity contribution >= 4 is 21.9 Å². The van der Waals surface area contributed by atoms with E-state index in [9.17, 15) is 18.0 Å². The van der Waals surface area contributed by atoms with Gasteiger partial charge in [0.25, 0.3) is 0 Å². The quantitative estimate of drug-likeness (QED) is 0.445. The van der Waals surface area contributed by atoms with E-state index < -0.39 is 32.0 Å². The second-order valence-corrected chi connectivity index (χ2v) is 8.50. The molecule has 0 bridgehead atoms. The monoisotopic (exact) mass is 319 g/mol. The van der Waals surface area contributed by atoms with E-state index in [0.29, 0.717) is 0 Å². The number of hydrogen-bond acceptors (Lipinski definition) is 6. The molecule has 1 heterocycles. The van der Waals surface area contributed by atoms with Crippen LogP contribution in [0.2, 0.25) is 0 Å². The first kappa shape index (κ1) is 17.5. The van der Waals surface area contributed by atoms with Gasteiger partial charge in [-0.3, -0.25) is 4.79 Å². The zero-order chi connectivity index (χ0) is 16.3. The summed E-state index contributed by atoms with van der Waals surface area (Å²) in [7, 11) is -3.50. The SMILES string of the molecule is C=CCOC(=O)OCC[C@H]1C(=O)N[C@@H]1S(=O)(=O)C(C)(C)C. The number of nitrogens with one attached hydrogen (secondary N) is 1. The van der Waals surface area contributed by atoms with Crippen LogP contribution in [0.3, 0.4) is 0 Å². The van der Waals surface area contributed by atoms with Crippen LogP contribution in [0.15, 0.2) is 12.7 Å². The first-order valence-corrected chi connectivity index (χ1v) is 8.10. The van der Waals surface area contributed by atoms with Gasteiger partial charge in [0.1, 0.15) is 12.0 Å². The Bertz CT molecular complexity index is 519. The molecule has 0 aromatic heterocycles. The average Bonchev–Trinajstić information content (AvgIpc) is 2.36. The fraction of sp³-hybridized carbons (Fsp3) is 0.692. The Balaban J connectivity index is 2.53. The number of carbonyl (C=O) groups excluding carboxylic acids is 2. The van der Waals surface area contributed by atoms with Gasteiger partial charge in [0.15, 0.2) is 9.84 Å². The highest BCUT2D eigenvalue weighted by Crippen LogP contribution is 2.31. The summed E-state index contributed by atoms with van der Waals surface area (Å²) in [6, 6.07) is 0. The first-order chi connectivity index (χ1) is 9.61. The molecule has 0 unspecified atom stereocenters. The van der Waals surface area contributed by atoms with Gasteiger partial charge in [-0.1, -0.05) is 12.7 Å². The summed E-state index contributed by atoms with van der Waals surface area (Å²) in [5, 5.41) is 1.47. The second kappa shape index (κ2) is 6.46. The molecule has 0 aliphatic carbocycles. The molecule has 8 heteroatoms. The number of sulfone groups is 1. The van der Waals surface area contributed by atoms with Crippen molar-refractivity contribution < 1.29 is 27.5 Å². The van der Waals surface area contributed by atoms with Crippen LogP contribution < -0.4 is 5.32 Å². The third-order valence-corrected chi connectivity index (χ3v) is 5.96. The topological polar surface area (TPSA) is 98.8 Å². The van der Waals surface area contributed by atoms with Crippen LogP contribution in [0.25, 0.3) is 0 Å². The summed E-state index contributed by atoms with van der Waals surface area (Å²) in [6.07, 6.45) is 0.659. The van der Waals surface area contributed by atoms with Crippen molar-refractivity contribution in [3.8, 4) is 0 Å². The first-order valence-electron chi connectivity index (χ1n) is 6.55. The van der Waals surface area contributed by atoms with Crippen molar-refractivity contribution in [2.24, 2.45) is 5.92 Å². The Morgan fingerprint density at radius 2 is 2.00 bits per heavy atom. The second-order valence-electron chi connectivity index (χ2n) is 5.68. The summed E-state index contributed by atoms with van der Waals surface area (Å²) in [6.45, 7) is 8.06. The number of ether oxygens (including phenoxy) is 2. The predicted octanol–water partition coefficient (Wildman–Crippen LogP) is 1.00. The molecule has 120 valence electrons. The highest BCUT2D eigenvalue weighted by atomic mass is 32.2. The lowest BCUT2D eigenvalue weighted by molar-refractivity contribution is -0.133. The molecule has 1 aliphatic heterocycles. The molecular formula is C13H21NO6S. The Kier molecular flexibility index (Phi) is 5.38. The van der Waals surface area contributed by atoms with E-state index in [-0.39, 0.29) is 25.5 Å². The van der Waals surface area contributed by atoms with Gasteiger partial charge in [-0.2, -0.15) is 0 Å². The summed E-state index contributed by atoms with van der Waals surface area (Å²) in [5.74, 6) is -1.06. The lowest BCUT2D eigenvalue weighted by Crippen LogP contribution is -2.64. The van der Waals surface area contributed by atoms with Crippen LogP contribution in [-0.2, 0) is 24.1 Å². The van der Waals surface area contributed by atoms with E-state index in [1.807, 2.05) is 0 Å². The van der Waals surface area contributed by atoms with Gasteiger partial charge in [-0.05, 0) is 27.2 Å². The number of β-lactam (4-membered cyclic amide) rings is 1. The maximum Gasteiger partial charge on any atom is 0.508 e. The summed E-state index contributed by atoms with van der Waals surface area (Å²) >= 11 is 0. The van der Waals surface area contributed by atoms with Gasteiger partial charge in [0.05, 0.1) is 17.3 Å². The Hall–Kier alpha value is -1.57. The zero-order valence-corrected chi connectivity index (χ0v) is 13.2. The van der Waals surface area contributed by atoms with E-state index in [1.54, 1.807) is 20.8 Å². The maximum absolute atomic E-state index is 12.3. The molecule has 1 amide bonds. The molecule has 1 saturated heterocycles. The number of hydrogen-bond donors (Lipinski definition) is 1. The predicted molar refractivity (Wildman–Crippen MR) is 76.2 cm³/mol. The van der Waals surface area contributed by atoms with Gasteiger partial charge >= 0.3 is 6.16 Å². The molecular weight excluding hydrogens is 298 g/mol. The Morgan fingerprint density at radius 1 is 1.38 bits per heavy atom. The van der Waals surface area contributed by atoms with Crippen LogP contribution in [0, 0.1) is 5.92 Å². The average molecular weight is 319 g/mol. The molecule has 1 aliphatic rings. The lowest BCUT2D eigenvalue weighted by Gasteiger charge is -2.39. The smallest absolute Gasteiger partial charge is 0.434 e. The molecule has 1 N–H and O–H groups in total. The minimum Gasteiger partial charge on any atom is -0.434 e. The van der Waals surface area contributed by atoms with Crippen molar-refractivity contribution in [3.63, 3.8) is 0 Å². The molecule has 21 heavy (non-hydrogen) atoms. The van der Waals surface area contributed by atoms with E-state index in [4.69, 9.17) is 4.74 Å². The van der Waals surface area contributed by atoms with Crippen LogP contribution in [0.5, 0.6) is 0 Å². The number of rotatable bonds is 6. The largest absolute Gasteiger partial charge is 0.508 e. The van der Waals surface area contributed by atoms with E-state index in [1.165, 1.54) is 6.08 Å². The third kappa shape index (κ3) is 3.96. The lowest BCUT2D eigenvalue weighted by atomic mass is 9.98. The molecule has 1 rings (SSSR count). The van der Waals surface area contributed by atoms with Crippen molar-refractivity contribution in [2.75, 3.05) is 13.2 Å². The van der Waals surface area contributed by atoms with Crippen molar-refractivity contribution in [3.05, 3.63) is 12.7 Å². The minimum absolute atomic E-state index is 0.0315. The number of carbonyl (C=O) groups is 2. The summed E-state index contributed by atoms with van der Waals surface area (Å²) in [4.78, 5) is 22.6. The fourth-order valence-corrected chi connectivity index (χ4v) is 3.51. The molecule has 7 nitrogen and oxygen atoms in total. The Morgan fingerprint density at radius 3 is 2.48 bits per heavy atom. The highest BCUT2D eigenvalue weighted by Gasteiger charge is 2.51. The van der Waals surface area contributed by atoms with Gasteiger partial charge in [0.2, 0.25) is 5.91 Å². The summed E-state index contributed by atoms with van der Waals surface area (Å²) < 4.78 is 32.9. The van der Waals surface area contributed by atoms with Crippen molar-refractivity contribution in [1.29, 1.82) is 0 Å². The zero-order valence-electron chi connectivity index (χ0n) is 12.4. The molecule has 1 fully saturated rings. The van der Waals surface area contributed by atoms with Gasteiger partial charge < -0.3 is 14.8 Å². The van der Waals surface area contributed by atoms with E-state index in [2.05, 4.69) is 16.6 Å². The van der Waals surface area contributed by atoms with Crippen LogP contribution >= 0.6 is 0 Å². The molecule has 0 spiro atoms. The minimum atomic E-state index is -3.50. The number of amides is 1. The molecule has 0 radical (unpaired) electrons.